The van der Waals surface area contributed by atoms with E-state index in [-0.39, 0.29) is 11.9 Å². The molecule has 3 heterocycles. The van der Waals surface area contributed by atoms with Crippen LogP contribution in [0.1, 0.15) is 58.2 Å². The molecule has 3 rings (SSSR count). The molecule has 2 aliphatic heterocycles. The highest BCUT2D eigenvalue weighted by molar-refractivity contribution is 5.74. The maximum Gasteiger partial charge on any atom is 0.226 e. The van der Waals surface area contributed by atoms with E-state index in [1.807, 2.05) is 4.90 Å². The second-order valence-electron chi connectivity index (χ2n) is 7.70. The molecule has 6 nitrogen and oxygen atoms in total. The van der Waals surface area contributed by atoms with Crippen molar-refractivity contribution in [3.8, 4) is 0 Å². The third-order valence-electron chi connectivity index (χ3n) is 5.05. The van der Waals surface area contributed by atoms with Crippen molar-refractivity contribution in [1.82, 2.24) is 19.9 Å². The zero-order valence-corrected chi connectivity index (χ0v) is 15.7. The molecule has 25 heavy (non-hydrogen) atoms. The van der Waals surface area contributed by atoms with Gasteiger partial charge in [0.1, 0.15) is 0 Å². The number of nitrogens with zero attached hydrogens (tertiary/aromatic N) is 4. The summed E-state index contributed by atoms with van der Waals surface area (Å²) in [4.78, 5) is 20.9. The SMILES string of the molecule is CC(=O)N1CCCC[C@H]1C1=CCCN(Cc2noc(CC(C)C)n2)C1. The average molecular weight is 346 g/mol. The van der Waals surface area contributed by atoms with Crippen molar-refractivity contribution in [3.63, 3.8) is 0 Å². The van der Waals surface area contributed by atoms with Gasteiger partial charge >= 0.3 is 0 Å². The standard InChI is InChI=1S/C19H30N4O2/c1-14(2)11-19-20-18(21-25-19)13-22-9-6-7-16(12-22)17-8-4-5-10-23(17)15(3)24/h7,14,17H,4-6,8-13H2,1-3H3/t17-/m0/s1. The lowest BCUT2D eigenvalue weighted by atomic mass is 9.92. The summed E-state index contributed by atoms with van der Waals surface area (Å²) in [7, 11) is 0. The normalized spacial score (nSPS) is 22.3. The molecular weight excluding hydrogens is 316 g/mol. The summed E-state index contributed by atoms with van der Waals surface area (Å²) >= 11 is 0. The van der Waals surface area contributed by atoms with Gasteiger partial charge in [-0.1, -0.05) is 25.1 Å². The fourth-order valence-corrected chi connectivity index (χ4v) is 3.89. The minimum absolute atomic E-state index is 0.194. The fourth-order valence-electron chi connectivity index (χ4n) is 3.89. The fraction of sp³-hybridized carbons (Fsp3) is 0.737. The zero-order chi connectivity index (χ0) is 17.8. The molecule has 1 amide bonds. The van der Waals surface area contributed by atoms with E-state index in [2.05, 4.69) is 35.0 Å². The molecule has 2 aliphatic rings. The van der Waals surface area contributed by atoms with Crippen LogP contribution >= 0.6 is 0 Å². The first kappa shape index (κ1) is 18.1. The molecule has 0 aliphatic carbocycles. The lowest BCUT2D eigenvalue weighted by molar-refractivity contribution is -0.131. The minimum Gasteiger partial charge on any atom is -0.339 e. The van der Waals surface area contributed by atoms with E-state index in [9.17, 15) is 4.79 Å². The van der Waals surface area contributed by atoms with Crippen molar-refractivity contribution in [2.45, 2.75) is 65.5 Å². The Kier molecular flexibility index (Phi) is 5.89. The van der Waals surface area contributed by atoms with Crippen molar-refractivity contribution in [2.24, 2.45) is 5.92 Å². The highest BCUT2D eigenvalue weighted by atomic mass is 16.5. The van der Waals surface area contributed by atoms with E-state index < -0.39 is 0 Å². The Morgan fingerprint density at radius 2 is 2.20 bits per heavy atom. The van der Waals surface area contributed by atoms with Gasteiger partial charge in [-0.15, -0.1) is 0 Å². The van der Waals surface area contributed by atoms with Crippen molar-refractivity contribution in [3.05, 3.63) is 23.4 Å². The van der Waals surface area contributed by atoms with Gasteiger partial charge in [-0.25, -0.2) is 0 Å². The van der Waals surface area contributed by atoms with E-state index >= 15 is 0 Å². The lowest BCUT2D eigenvalue weighted by Crippen LogP contribution is -2.46. The average Bonchev–Trinajstić information content (AvgIpc) is 3.01. The predicted molar refractivity (Wildman–Crippen MR) is 95.8 cm³/mol. The minimum atomic E-state index is 0.194. The summed E-state index contributed by atoms with van der Waals surface area (Å²) in [5.41, 5.74) is 1.38. The quantitative estimate of drug-likeness (QED) is 0.767. The first-order valence-corrected chi connectivity index (χ1v) is 9.53. The molecule has 0 spiro atoms. The Balaban J connectivity index is 1.61. The molecule has 6 heteroatoms. The molecule has 0 unspecified atom stereocenters. The van der Waals surface area contributed by atoms with Crippen molar-refractivity contribution >= 4 is 5.91 Å². The maximum absolute atomic E-state index is 12.0. The Bertz CT molecular complexity index is 623. The van der Waals surface area contributed by atoms with Crippen LogP contribution in [0.2, 0.25) is 0 Å². The maximum atomic E-state index is 12.0. The molecule has 0 aromatic carbocycles. The highest BCUT2D eigenvalue weighted by Gasteiger charge is 2.29. The van der Waals surface area contributed by atoms with Gasteiger partial charge < -0.3 is 9.42 Å². The topological polar surface area (TPSA) is 62.5 Å². The highest BCUT2D eigenvalue weighted by Crippen LogP contribution is 2.26. The Morgan fingerprint density at radius 3 is 2.96 bits per heavy atom. The molecule has 1 saturated heterocycles. The molecule has 0 radical (unpaired) electrons. The van der Waals surface area contributed by atoms with Gasteiger partial charge in [0.15, 0.2) is 5.82 Å². The summed E-state index contributed by atoms with van der Waals surface area (Å²) in [6, 6.07) is 0.274. The molecule has 0 bridgehead atoms. The summed E-state index contributed by atoms with van der Waals surface area (Å²) < 4.78 is 5.35. The number of hydrogen-bond donors (Lipinski definition) is 0. The number of amides is 1. The molecule has 1 aromatic heterocycles. The summed E-state index contributed by atoms with van der Waals surface area (Å²) in [6.45, 7) is 9.49. The number of rotatable bonds is 5. The molecule has 1 aromatic rings. The van der Waals surface area contributed by atoms with Gasteiger partial charge in [0.2, 0.25) is 11.8 Å². The summed E-state index contributed by atoms with van der Waals surface area (Å²) in [5.74, 6) is 2.21. The van der Waals surface area contributed by atoms with E-state index in [1.165, 1.54) is 12.0 Å². The van der Waals surface area contributed by atoms with Crippen molar-refractivity contribution < 1.29 is 9.32 Å². The lowest BCUT2D eigenvalue weighted by Gasteiger charge is -2.39. The third kappa shape index (κ3) is 4.69. The number of carbonyl (C=O) groups is 1. The number of likely N-dealkylation sites (tertiary alicyclic amines) is 1. The van der Waals surface area contributed by atoms with Gasteiger partial charge in [-0.05, 0) is 37.2 Å². The number of hydrogen-bond acceptors (Lipinski definition) is 5. The number of piperidine rings is 1. The van der Waals surface area contributed by atoms with E-state index in [4.69, 9.17) is 4.52 Å². The van der Waals surface area contributed by atoms with Crippen molar-refractivity contribution in [1.29, 1.82) is 0 Å². The van der Waals surface area contributed by atoms with Crippen LogP contribution in [0.15, 0.2) is 16.2 Å². The van der Waals surface area contributed by atoms with Crippen LogP contribution in [0.5, 0.6) is 0 Å². The molecule has 1 atom stereocenters. The molecule has 1 fully saturated rings. The van der Waals surface area contributed by atoms with E-state index in [1.54, 1.807) is 6.92 Å². The number of carbonyl (C=O) groups excluding carboxylic acids is 1. The van der Waals surface area contributed by atoms with Gasteiger partial charge in [-0.3, -0.25) is 9.69 Å². The van der Waals surface area contributed by atoms with Crippen LogP contribution in [-0.4, -0.2) is 51.5 Å². The first-order valence-electron chi connectivity index (χ1n) is 9.53. The van der Waals surface area contributed by atoms with Crippen LogP contribution in [0.3, 0.4) is 0 Å². The van der Waals surface area contributed by atoms with Gasteiger partial charge in [0.05, 0.1) is 12.6 Å². The second kappa shape index (κ2) is 8.13. The second-order valence-corrected chi connectivity index (χ2v) is 7.70. The smallest absolute Gasteiger partial charge is 0.226 e. The molecule has 0 saturated carbocycles. The van der Waals surface area contributed by atoms with E-state index in [0.717, 1.165) is 57.0 Å². The Hall–Kier alpha value is -1.69. The Morgan fingerprint density at radius 1 is 1.36 bits per heavy atom. The van der Waals surface area contributed by atoms with Crippen LogP contribution in [0, 0.1) is 5.92 Å². The first-order chi connectivity index (χ1) is 12.0. The van der Waals surface area contributed by atoms with Gasteiger partial charge in [0.25, 0.3) is 0 Å². The monoisotopic (exact) mass is 346 g/mol. The number of aromatic nitrogens is 2. The summed E-state index contributed by atoms with van der Waals surface area (Å²) in [6.07, 6.45) is 7.59. The summed E-state index contributed by atoms with van der Waals surface area (Å²) in [5, 5.41) is 4.13. The van der Waals surface area contributed by atoms with Crippen LogP contribution in [-0.2, 0) is 17.8 Å². The predicted octanol–water partition coefficient (Wildman–Crippen LogP) is 2.80. The zero-order valence-electron chi connectivity index (χ0n) is 15.7. The third-order valence-corrected chi connectivity index (χ3v) is 5.05. The van der Waals surface area contributed by atoms with Crippen LogP contribution in [0.4, 0.5) is 0 Å². The molecule has 138 valence electrons. The molecule has 0 N–H and O–H groups in total. The molecular formula is C19H30N4O2. The Labute approximate surface area is 150 Å². The van der Waals surface area contributed by atoms with Crippen molar-refractivity contribution in [2.75, 3.05) is 19.6 Å². The van der Waals surface area contributed by atoms with Crippen LogP contribution in [0.25, 0.3) is 0 Å². The van der Waals surface area contributed by atoms with Crippen LogP contribution < -0.4 is 0 Å². The van der Waals surface area contributed by atoms with Gasteiger partial charge in [-0.2, -0.15) is 4.98 Å². The largest absolute Gasteiger partial charge is 0.339 e. The van der Waals surface area contributed by atoms with E-state index in [0.29, 0.717) is 12.5 Å². The van der Waals surface area contributed by atoms with Gasteiger partial charge in [0, 0.05) is 33.0 Å².